The molecule has 0 aromatic heterocycles. The second-order valence-corrected chi connectivity index (χ2v) is 11.4. The second-order valence-electron chi connectivity index (χ2n) is 11.4. The van der Waals surface area contributed by atoms with Gasteiger partial charge in [-0.3, -0.25) is 4.79 Å². The Kier molecular flexibility index (Phi) is 15.7. The Bertz CT molecular complexity index is 1020. The van der Waals surface area contributed by atoms with E-state index in [0.29, 0.717) is 36.7 Å². The van der Waals surface area contributed by atoms with Gasteiger partial charge in [0, 0.05) is 0 Å². The molecular weight excluding hydrogens is 550 g/mol. The fraction of sp³-hybridized carbons (Fsp3) is 0.667. The van der Waals surface area contributed by atoms with Gasteiger partial charge >= 0.3 is 24.4 Å². The first-order valence-corrected chi connectivity index (χ1v) is 14.3. The molecule has 12 nitrogen and oxygen atoms in total. The smallest absolute Gasteiger partial charge is 0.461 e. The predicted octanol–water partition coefficient (Wildman–Crippen LogP) is 5.95. The molecular formula is C30H47NO11. The molecule has 0 fully saturated rings. The maximum Gasteiger partial charge on any atom is 0.513 e. The third kappa shape index (κ3) is 15.5. The third-order valence-corrected chi connectivity index (χ3v) is 5.95. The van der Waals surface area contributed by atoms with Gasteiger partial charge in [0.2, 0.25) is 0 Å². The van der Waals surface area contributed by atoms with Crippen LogP contribution in [0.2, 0.25) is 0 Å². The average Bonchev–Trinajstić information content (AvgIpc) is 2.87. The van der Waals surface area contributed by atoms with Gasteiger partial charge in [0.25, 0.3) is 0 Å². The Morgan fingerprint density at radius 1 is 0.810 bits per heavy atom. The van der Waals surface area contributed by atoms with Gasteiger partial charge in [-0.25, -0.2) is 14.4 Å². The number of hydrogen-bond donors (Lipinski definition) is 1. The summed E-state index contributed by atoms with van der Waals surface area (Å²) in [6, 6.07) is 3.26. The van der Waals surface area contributed by atoms with Gasteiger partial charge in [-0.1, -0.05) is 40.7 Å². The number of ether oxygens (including phenoxy) is 7. The van der Waals surface area contributed by atoms with Gasteiger partial charge in [-0.15, -0.1) is 0 Å². The predicted molar refractivity (Wildman–Crippen MR) is 153 cm³/mol. The number of nitrogens with two attached hydrogens (primary N) is 1. The van der Waals surface area contributed by atoms with Crippen LogP contribution in [0, 0.1) is 11.8 Å². The summed E-state index contributed by atoms with van der Waals surface area (Å²) in [6.45, 7) is 15.0. The standard InChI is InChI=1S/C30H47NO11/c1-9-30(7,8)42-29(35)39-21(6)18-38-26(32)23(31)16-22-10-11-24(40-27(33)36-14-12-19(2)3)25(17-22)41-28(34)37-15-13-20(4)5/h10-11,17,19-21,23H,9,12-16,18,31H2,1-8H3/t21-,23-/m0/s1. The normalized spacial score (nSPS) is 12.7. The molecule has 42 heavy (non-hydrogen) atoms. The molecule has 0 radical (unpaired) electrons. The molecule has 0 saturated carbocycles. The monoisotopic (exact) mass is 597 g/mol. The van der Waals surface area contributed by atoms with Gasteiger partial charge in [-0.05, 0) is 76.0 Å². The summed E-state index contributed by atoms with van der Waals surface area (Å²) < 4.78 is 36.3. The number of carbonyl (C=O) groups is 4. The largest absolute Gasteiger partial charge is 0.513 e. The molecule has 0 aliphatic heterocycles. The van der Waals surface area contributed by atoms with Gasteiger partial charge in [0.05, 0.1) is 13.2 Å². The van der Waals surface area contributed by atoms with Crippen molar-refractivity contribution in [1.29, 1.82) is 0 Å². The number of esters is 1. The van der Waals surface area contributed by atoms with Crippen molar-refractivity contribution in [2.24, 2.45) is 17.6 Å². The van der Waals surface area contributed by atoms with E-state index in [2.05, 4.69) is 0 Å². The Balaban J connectivity index is 2.84. The number of rotatable bonds is 16. The summed E-state index contributed by atoms with van der Waals surface area (Å²) in [4.78, 5) is 48.9. The first kappa shape index (κ1) is 36.5. The fourth-order valence-electron chi connectivity index (χ4n) is 3.00. The Morgan fingerprint density at radius 3 is 1.88 bits per heavy atom. The van der Waals surface area contributed by atoms with E-state index in [1.54, 1.807) is 26.8 Å². The van der Waals surface area contributed by atoms with Crippen molar-refractivity contribution < 1.29 is 52.3 Å². The molecule has 1 aromatic carbocycles. The van der Waals surface area contributed by atoms with Crippen LogP contribution in [0.1, 0.15) is 80.2 Å². The lowest BCUT2D eigenvalue weighted by molar-refractivity contribution is -0.148. The van der Waals surface area contributed by atoms with Crippen molar-refractivity contribution in [2.75, 3.05) is 19.8 Å². The summed E-state index contributed by atoms with van der Waals surface area (Å²) in [7, 11) is 0. The van der Waals surface area contributed by atoms with E-state index in [1.807, 2.05) is 34.6 Å². The minimum Gasteiger partial charge on any atom is -0.461 e. The molecule has 0 aliphatic rings. The van der Waals surface area contributed by atoms with Crippen molar-refractivity contribution >= 4 is 24.4 Å². The zero-order chi connectivity index (χ0) is 31.9. The quantitative estimate of drug-likeness (QED) is 0.136. The van der Waals surface area contributed by atoms with Crippen molar-refractivity contribution in [3.63, 3.8) is 0 Å². The lowest BCUT2D eigenvalue weighted by Crippen LogP contribution is -2.36. The first-order valence-electron chi connectivity index (χ1n) is 14.3. The lowest BCUT2D eigenvalue weighted by atomic mass is 10.1. The maximum absolute atomic E-state index is 12.5. The van der Waals surface area contributed by atoms with Crippen LogP contribution >= 0.6 is 0 Å². The summed E-state index contributed by atoms with van der Waals surface area (Å²) in [5, 5.41) is 0. The third-order valence-electron chi connectivity index (χ3n) is 5.95. The van der Waals surface area contributed by atoms with Gasteiger partial charge in [0.1, 0.15) is 24.4 Å². The lowest BCUT2D eigenvalue weighted by Gasteiger charge is -2.24. The summed E-state index contributed by atoms with van der Waals surface area (Å²) >= 11 is 0. The maximum atomic E-state index is 12.5. The molecule has 0 aliphatic carbocycles. The topological polar surface area (TPSA) is 159 Å². The minimum atomic E-state index is -1.10. The van der Waals surface area contributed by atoms with Crippen LogP contribution in [-0.2, 0) is 34.9 Å². The van der Waals surface area contributed by atoms with E-state index in [4.69, 9.17) is 38.9 Å². The number of hydrogen-bond acceptors (Lipinski definition) is 12. The minimum absolute atomic E-state index is 0.00132. The van der Waals surface area contributed by atoms with Crippen LogP contribution in [0.25, 0.3) is 0 Å². The molecule has 1 aromatic rings. The summed E-state index contributed by atoms with van der Waals surface area (Å²) in [5.41, 5.74) is 5.84. The molecule has 12 heteroatoms. The average molecular weight is 598 g/mol. The Labute approximate surface area is 248 Å². The van der Waals surface area contributed by atoms with Crippen LogP contribution < -0.4 is 15.2 Å². The van der Waals surface area contributed by atoms with Crippen LogP contribution in [0.4, 0.5) is 14.4 Å². The summed E-state index contributed by atoms with van der Waals surface area (Å²) in [5.74, 6) is -0.276. The van der Waals surface area contributed by atoms with E-state index in [9.17, 15) is 19.2 Å². The van der Waals surface area contributed by atoms with Crippen molar-refractivity contribution in [3.05, 3.63) is 23.8 Å². The van der Waals surface area contributed by atoms with Crippen LogP contribution in [0.5, 0.6) is 11.5 Å². The molecule has 0 spiro atoms. The number of benzene rings is 1. The molecule has 1 rings (SSSR count). The highest BCUT2D eigenvalue weighted by molar-refractivity contribution is 5.76. The SMILES string of the molecule is CCC(C)(C)OC(=O)O[C@@H](C)COC(=O)[C@@H](N)Cc1ccc(OC(=O)OCCC(C)C)c(OC(=O)OCCC(C)C)c1. The first-order chi connectivity index (χ1) is 19.6. The highest BCUT2D eigenvalue weighted by Gasteiger charge is 2.24. The van der Waals surface area contributed by atoms with Crippen LogP contribution in [-0.4, -0.2) is 62.0 Å². The zero-order valence-electron chi connectivity index (χ0n) is 26.1. The molecule has 0 amide bonds. The van der Waals surface area contributed by atoms with E-state index in [1.165, 1.54) is 12.1 Å². The molecule has 0 unspecified atom stereocenters. The Hall–Kier alpha value is -3.54. The Morgan fingerprint density at radius 2 is 1.36 bits per heavy atom. The second kappa shape index (κ2) is 18.1. The van der Waals surface area contributed by atoms with Crippen molar-refractivity contribution in [1.82, 2.24) is 0 Å². The summed E-state index contributed by atoms with van der Waals surface area (Å²) in [6.07, 6.45) is -1.68. The fourth-order valence-corrected chi connectivity index (χ4v) is 3.00. The zero-order valence-corrected chi connectivity index (χ0v) is 26.1. The van der Waals surface area contributed by atoms with Crippen molar-refractivity contribution in [3.8, 4) is 11.5 Å². The molecule has 0 heterocycles. The molecule has 238 valence electrons. The molecule has 0 bridgehead atoms. The van der Waals surface area contributed by atoms with Crippen molar-refractivity contribution in [2.45, 2.75) is 98.8 Å². The van der Waals surface area contributed by atoms with Crippen LogP contribution in [0.15, 0.2) is 18.2 Å². The molecule has 0 saturated heterocycles. The van der Waals surface area contributed by atoms with E-state index in [-0.39, 0.29) is 37.7 Å². The van der Waals surface area contributed by atoms with Gasteiger partial charge < -0.3 is 38.9 Å². The number of carbonyl (C=O) groups excluding carboxylic acids is 4. The highest BCUT2D eigenvalue weighted by atomic mass is 16.8. The van der Waals surface area contributed by atoms with E-state index < -0.39 is 42.2 Å². The van der Waals surface area contributed by atoms with E-state index in [0.717, 1.165) is 0 Å². The van der Waals surface area contributed by atoms with E-state index >= 15 is 0 Å². The molecule has 2 N–H and O–H groups in total. The van der Waals surface area contributed by atoms with Crippen LogP contribution in [0.3, 0.4) is 0 Å². The van der Waals surface area contributed by atoms with Gasteiger partial charge in [-0.2, -0.15) is 0 Å². The van der Waals surface area contributed by atoms with Gasteiger partial charge in [0.15, 0.2) is 11.5 Å². The highest BCUT2D eigenvalue weighted by Crippen LogP contribution is 2.30. The molecule has 2 atom stereocenters.